The maximum absolute atomic E-state index is 4.38. The fourth-order valence-electron chi connectivity index (χ4n) is 1.47. The first-order valence-corrected chi connectivity index (χ1v) is 5.73. The third kappa shape index (κ3) is 3.07. The second kappa shape index (κ2) is 5.69. The number of aliphatic imine (C=N–C) groups is 1. The molecule has 84 valence electrons. The lowest BCUT2D eigenvalue weighted by Crippen LogP contribution is -2.35. The number of aryl methyl sites for hydroxylation is 1. The highest BCUT2D eigenvalue weighted by molar-refractivity contribution is 14.0. The third-order valence-electron chi connectivity index (χ3n) is 2.46. The molecule has 2 rings (SSSR count). The molecule has 1 N–H and O–H groups in total. The van der Waals surface area contributed by atoms with Crippen molar-refractivity contribution >= 4 is 41.3 Å². The molecule has 0 aliphatic carbocycles. The maximum Gasteiger partial charge on any atom is 0.194 e. The number of guanidine groups is 1. The van der Waals surface area contributed by atoms with E-state index in [2.05, 4.69) is 39.9 Å². The molecule has 1 aromatic heterocycles. The minimum absolute atomic E-state index is 0. The summed E-state index contributed by atoms with van der Waals surface area (Å²) in [6, 6.07) is 0. The smallest absolute Gasteiger partial charge is 0.194 e. The second-order valence-electron chi connectivity index (χ2n) is 3.56. The van der Waals surface area contributed by atoms with Gasteiger partial charge in [0.15, 0.2) is 5.96 Å². The number of nitrogens with one attached hydrogen (secondary N) is 1. The SMILES string of the molecule is Cc1cscc1CNC1=NCCN1C.I. The standard InChI is InChI=1S/C10H15N3S.HI/c1-8-6-14-7-9(8)5-12-10-11-3-4-13(10)2;/h6-7H,3-5H2,1-2H3,(H,11,12);1H. The van der Waals surface area contributed by atoms with Crippen LogP contribution in [0.3, 0.4) is 0 Å². The topological polar surface area (TPSA) is 27.6 Å². The average molecular weight is 337 g/mol. The van der Waals surface area contributed by atoms with Gasteiger partial charge in [0.25, 0.3) is 0 Å². The highest BCUT2D eigenvalue weighted by atomic mass is 127. The van der Waals surface area contributed by atoms with E-state index in [9.17, 15) is 0 Å². The molecular formula is C10H16IN3S. The van der Waals surface area contributed by atoms with Crippen molar-refractivity contribution < 1.29 is 0 Å². The molecule has 0 radical (unpaired) electrons. The van der Waals surface area contributed by atoms with Crippen LogP contribution in [0.15, 0.2) is 15.8 Å². The van der Waals surface area contributed by atoms with Gasteiger partial charge in [-0.25, -0.2) is 0 Å². The van der Waals surface area contributed by atoms with Crippen LogP contribution in [0, 0.1) is 6.92 Å². The van der Waals surface area contributed by atoms with Crippen molar-refractivity contribution in [2.45, 2.75) is 13.5 Å². The van der Waals surface area contributed by atoms with E-state index in [1.165, 1.54) is 11.1 Å². The summed E-state index contributed by atoms with van der Waals surface area (Å²) in [7, 11) is 2.07. The van der Waals surface area contributed by atoms with Crippen molar-refractivity contribution in [2.24, 2.45) is 4.99 Å². The first-order valence-electron chi connectivity index (χ1n) is 4.78. The minimum atomic E-state index is 0. The molecule has 0 atom stereocenters. The summed E-state index contributed by atoms with van der Waals surface area (Å²) in [4.78, 5) is 6.54. The van der Waals surface area contributed by atoms with Crippen molar-refractivity contribution in [2.75, 3.05) is 20.1 Å². The Morgan fingerprint density at radius 2 is 2.33 bits per heavy atom. The molecular weight excluding hydrogens is 321 g/mol. The van der Waals surface area contributed by atoms with Crippen LogP contribution in [-0.4, -0.2) is 31.0 Å². The van der Waals surface area contributed by atoms with Gasteiger partial charge >= 0.3 is 0 Å². The van der Waals surface area contributed by atoms with Gasteiger partial charge in [0.1, 0.15) is 0 Å². The first kappa shape index (κ1) is 12.8. The minimum Gasteiger partial charge on any atom is -0.352 e. The van der Waals surface area contributed by atoms with E-state index < -0.39 is 0 Å². The zero-order chi connectivity index (χ0) is 9.97. The lowest BCUT2D eigenvalue weighted by atomic mass is 10.2. The van der Waals surface area contributed by atoms with Gasteiger partial charge in [0, 0.05) is 20.1 Å². The lowest BCUT2D eigenvalue weighted by molar-refractivity contribution is 0.534. The summed E-state index contributed by atoms with van der Waals surface area (Å²) in [5.41, 5.74) is 2.74. The summed E-state index contributed by atoms with van der Waals surface area (Å²) in [6.07, 6.45) is 0. The zero-order valence-electron chi connectivity index (χ0n) is 8.99. The van der Waals surface area contributed by atoms with Crippen LogP contribution in [-0.2, 0) is 6.54 Å². The monoisotopic (exact) mass is 337 g/mol. The van der Waals surface area contributed by atoms with Crippen LogP contribution in [0.2, 0.25) is 0 Å². The number of likely N-dealkylation sites (N-methyl/N-ethyl adjacent to an activating group) is 1. The fraction of sp³-hybridized carbons (Fsp3) is 0.500. The largest absolute Gasteiger partial charge is 0.352 e. The van der Waals surface area contributed by atoms with E-state index in [1.807, 2.05) is 0 Å². The van der Waals surface area contributed by atoms with E-state index in [4.69, 9.17) is 0 Å². The van der Waals surface area contributed by atoms with Crippen molar-refractivity contribution in [3.63, 3.8) is 0 Å². The Hall–Kier alpha value is -0.300. The zero-order valence-corrected chi connectivity index (χ0v) is 12.1. The Morgan fingerprint density at radius 3 is 2.87 bits per heavy atom. The Kier molecular flexibility index (Phi) is 4.85. The highest BCUT2D eigenvalue weighted by Crippen LogP contribution is 2.13. The van der Waals surface area contributed by atoms with Crippen molar-refractivity contribution in [1.29, 1.82) is 0 Å². The Morgan fingerprint density at radius 1 is 1.53 bits per heavy atom. The van der Waals surface area contributed by atoms with E-state index in [1.54, 1.807) is 11.3 Å². The summed E-state index contributed by atoms with van der Waals surface area (Å²) >= 11 is 1.76. The second-order valence-corrected chi connectivity index (χ2v) is 4.30. The number of halogens is 1. The molecule has 0 unspecified atom stereocenters. The van der Waals surface area contributed by atoms with Crippen LogP contribution >= 0.6 is 35.3 Å². The molecule has 3 nitrogen and oxygen atoms in total. The van der Waals surface area contributed by atoms with E-state index >= 15 is 0 Å². The molecule has 15 heavy (non-hydrogen) atoms. The maximum atomic E-state index is 4.38. The molecule has 1 aliphatic heterocycles. The van der Waals surface area contributed by atoms with Crippen LogP contribution < -0.4 is 5.32 Å². The Bertz CT molecular complexity index is 348. The number of rotatable bonds is 2. The van der Waals surface area contributed by atoms with Crippen LogP contribution in [0.5, 0.6) is 0 Å². The number of nitrogens with zero attached hydrogens (tertiary/aromatic N) is 2. The van der Waals surface area contributed by atoms with Crippen molar-refractivity contribution in [1.82, 2.24) is 10.2 Å². The van der Waals surface area contributed by atoms with E-state index in [0.717, 1.165) is 25.6 Å². The van der Waals surface area contributed by atoms with Crippen LogP contribution in [0.1, 0.15) is 11.1 Å². The van der Waals surface area contributed by atoms with E-state index in [0.29, 0.717) is 0 Å². The summed E-state index contributed by atoms with van der Waals surface area (Å²) in [5.74, 6) is 1.02. The third-order valence-corrected chi connectivity index (χ3v) is 3.37. The lowest BCUT2D eigenvalue weighted by Gasteiger charge is -2.14. The normalized spacial score (nSPS) is 14.8. The van der Waals surface area contributed by atoms with Gasteiger partial charge in [0.05, 0.1) is 6.54 Å². The molecule has 0 spiro atoms. The van der Waals surface area contributed by atoms with Crippen molar-refractivity contribution in [3.05, 3.63) is 21.9 Å². The molecule has 1 aliphatic rings. The number of hydrogen-bond acceptors (Lipinski definition) is 4. The summed E-state index contributed by atoms with van der Waals surface area (Å²) in [6.45, 7) is 4.98. The molecule has 0 amide bonds. The molecule has 0 fully saturated rings. The summed E-state index contributed by atoms with van der Waals surface area (Å²) in [5, 5.41) is 7.73. The molecule has 5 heteroatoms. The van der Waals surface area contributed by atoms with Gasteiger partial charge in [-0.1, -0.05) is 0 Å². The Labute approximate surface area is 112 Å². The fourth-order valence-corrected chi connectivity index (χ4v) is 2.32. The predicted molar refractivity (Wildman–Crippen MR) is 76.2 cm³/mol. The Balaban J connectivity index is 0.00000112. The highest BCUT2D eigenvalue weighted by Gasteiger charge is 2.11. The summed E-state index contributed by atoms with van der Waals surface area (Å²) < 4.78 is 0. The average Bonchev–Trinajstić information content (AvgIpc) is 2.72. The van der Waals surface area contributed by atoms with Gasteiger partial charge in [0.2, 0.25) is 0 Å². The van der Waals surface area contributed by atoms with Crippen LogP contribution in [0.4, 0.5) is 0 Å². The van der Waals surface area contributed by atoms with Gasteiger partial charge in [-0.2, -0.15) is 11.3 Å². The number of hydrogen-bond donors (Lipinski definition) is 1. The van der Waals surface area contributed by atoms with Gasteiger partial charge in [-0.15, -0.1) is 24.0 Å². The van der Waals surface area contributed by atoms with Gasteiger partial charge < -0.3 is 10.2 Å². The number of thiophene rings is 1. The molecule has 0 aromatic carbocycles. The quantitative estimate of drug-likeness (QED) is 0.837. The van der Waals surface area contributed by atoms with E-state index in [-0.39, 0.29) is 24.0 Å². The molecule has 0 saturated carbocycles. The van der Waals surface area contributed by atoms with Crippen LogP contribution in [0.25, 0.3) is 0 Å². The first-order chi connectivity index (χ1) is 6.77. The predicted octanol–water partition coefficient (Wildman–Crippen LogP) is 2.07. The molecule has 0 bridgehead atoms. The van der Waals surface area contributed by atoms with Crippen molar-refractivity contribution in [3.8, 4) is 0 Å². The van der Waals surface area contributed by atoms with Gasteiger partial charge in [-0.3, -0.25) is 4.99 Å². The molecule has 2 heterocycles. The molecule has 0 saturated heterocycles. The molecule has 1 aromatic rings. The van der Waals surface area contributed by atoms with Gasteiger partial charge in [-0.05, 0) is 28.8 Å².